The largest absolute Gasteiger partial charge is 0.496 e. The normalized spacial score (nSPS) is 10.8. The predicted octanol–water partition coefficient (Wildman–Crippen LogP) is 3.42. The van der Waals surface area contributed by atoms with Gasteiger partial charge in [0.1, 0.15) is 11.6 Å². The Bertz CT molecular complexity index is 597. The van der Waals surface area contributed by atoms with E-state index in [1.807, 2.05) is 13.8 Å². The van der Waals surface area contributed by atoms with Crippen LogP contribution >= 0.6 is 0 Å². The van der Waals surface area contributed by atoms with Gasteiger partial charge in [-0.3, -0.25) is 0 Å². The zero-order chi connectivity index (χ0) is 13.4. The molecule has 0 radical (unpaired) electrons. The number of aromatic nitrogens is 2. The topological polar surface area (TPSA) is 27.1 Å². The molecular formula is C15H20N2O. The number of hydrogen-bond acceptors (Lipinski definition) is 2. The summed E-state index contributed by atoms with van der Waals surface area (Å²) in [6.07, 6.45) is 2.06. The highest BCUT2D eigenvalue weighted by molar-refractivity contribution is 5.56. The fourth-order valence-corrected chi connectivity index (χ4v) is 2.42. The van der Waals surface area contributed by atoms with Crippen LogP contribution in [0.2, 0.25) is 0 Å². The SMILES string of the molecule is COc1c(C)c(C)cc(-n2cc(C)nc2C)c1C. The van der Waals surface area contributed by atoms with Crippen LogP contribution in [0.15, 0.2) is 12.3 Å². The molecule has 0 aliphatic heterocycles. The number of ether oxygens (including phenoxy) is 1. The van der Waals surface area contributed by atoms with Crippen LogP contribution in [0.25, 0.3) is 5.69 Å². The van der Waals surface area contributed by atoms with Crippen molar-refractivity contribution in [3.63, 3.8) is 0 Å². The van der Waals surface area contributed by atoms with Crippen molar-refractivity contribution in [2.24, 2.45) is 0 Å². The molecule has 0 aliphatic carbocycles. The van der Waals surface area contributed by atoms with Crippen molar-refractivity contribution < 1.29 is 4.74 Å². The molecule has 0 fully saturated rings. The number of methoxy groups -OCH3 is 1. The van der Waals surface area contributed by atoms with E-state index < -0.39 is 0 Å². The molecule has 0 N–H and O–H groups in total. The van der Waals surface area contributed by atoms with Crippen LogP contribution < -0.4 is 4.74 Å². The van der Waals surface area contributed by atoms with E-state index in [0.29, 0.717) is 0 Å². The molecule has 0 spiro atoms. The minimum Gasteiger partial charge on any atom is -0.496 e. The number of aryl methyl sites for hydroxylation is 3. The fourth-order valence-electron chi connectivity index (χ4n) is 2.42. The monoisotopic (exact) mass is 244 g/mol. The molecule has 2 rings (SSSR count). The standard InChI is InChI=1S/C15H20N2O/c1-9-7-14(12(4)15(18-6)11(9)3)17-8-10(2)16-13(17)5/h7-8H,1-6H3. The van der Waals surface area contributed by atoms with E-state index in [2.05, 4.69) is 42.6 Å². The summed E-state index contributed by atoms with van der Waals surface area (Å²) in [6.45, 7) is 10.3. The Balaban J connectivity index is 2.72. The molecule has 3 nitrogen and oxygen atoms in total. The summed E-state index contributed by atoms with van der Waals surface area (Å²) in [6, 6.07) is 2.20. The minimum atomic E-state index is 0.968. The van der Waals surface area contributed by atoms with Crippen molar-refractivity contribution in [3.8, 4) is 11.4 Å². The van der Waals surface area contributed by atoms with Crippen molar-refractivity contribution in [1.82, 2.24) is 9.55 Å². The van der Waals surface area contributed by atoms with Crippen molar-refractivity contribution >= 4 is 0 Å². The minimum absolute atomic E-state index is 0.968. The molecule has 18 heavy (non-hydrogen) atoms. The number of rotatable bonds is 2. The molecule has 0 bridgehead atoms. The van der Waals surface area contributed by atoms with Crippen molar-refractivity contribution in [1.29, 1.82) is 0 Å². The van der Waals surface area contributed by atoms with Crippen LogP contribution in [0, 0.1) is 34.6 Å². The molecule has 0 amide bonds. The molecule has 96 valence electrons. The van der Waals surface area contributed by atoms with Gasteiger partial charge in [0.25, 0.3) is 0 Å². The van der Waals surface area contributed by atoms with Gasteiger partial charge in [-0.1, -0.05) is 0 Å². The smallest absolute Gasteiger partial charge is 0.127 e. The lowest BCUT2D eigenvalue weighted by molar-refractivity contribution is 0.408. The van der Waals surface area contributed by atoms with Gasteiger partial charge >= 0.3 is 0 Å². The number of hydrogen-bond donors (Lipinski definition) is 0. The molecule has 0 atom stereocenters. The number of benzene rings is 1. The molecule has 0 saturated heterocycles. The summed E-state index contributed by atoms with van der Waals surface area (Å²) < 4.78 is 7.66. The van der Waals surface area contributed by atoms with E-state index in [1.54, 1.807) is 7.11 Å². The maximum Gasteiger partial charge on any atom is 0.127 e. The Kier molecular flexibility index (Phi) is 3.16. The lowest BCUT2D eigenvalue weighted by Gasteiger charge is -2.17. The molecular weight excluding hydrogens is 224 g/mol. The first-order valence-electron chi connectivity index (χ1n) is 6.13. The van der Waals surface area contributed by atoms with E-state index in [-0.39, 0.29) is 0 Å². The zero-order valence-corrected chi connectivity index (χ0v) is 12.0. The summed E-state index contributed by atoms with van der Waals surface area (Å²) in [5.41, 5.74) is 5.77. The van der Waals surface area contributed by atoms with Gasteiger partial charge in [-0.25, -0.2) is 4.98 Å². The van der Waals surface area contributed by atoms with Gasteiger partial charge in [0.05, 0.1) is 18.5 Å². The molecule has 2 aromatic rings. The average Bonchev–Trinajstić information content (AvgIpc) is 2.64. The van der Waals surface area contributed by atoms with Gasteiger partial charge in [0, 0.05) is 11.8 Å². The van der Waals surface area contributed by atoms with E-state index in [1.165, 1.54) is 11.1 Å². The van der Waals surface area contributed by atoms with Crippen LogP contribution in [0.1, 0.15) is 28.2 Å². The van der Waals surface area contributed by atoms with Crippen molar-refractivity contribution in [2.75, 3.05) is 7.11 Å². The van der Waals surface area contributed by atoms with Gasteiger partial charge in [-0.15, -0.1) is 0 Å². The van der Waals surface area contributed by atoms with E-state index >= 15 is 0 Å². The quantitative estimate of drug-likeness (QED) is 0.809. The molecule has 1 aromatic carbocycles. The highest BCUT2D eigenvalue weighted by Gasteiger charge is 2.14. The first-order valence-corrected chi connectivity index (χ1v) is 6.13. The summed E-state index contributed by atoms with van der Waals surface area (Å²) in [5.74, 6) is 1.97. The Labute approximate surface area is 108 Å². The lowest BCUT2D eigenvalue weighted by atomic mass is 10.0. The third-order valence-electron chi connectivity index (χ3n) is 3.48. The highest BCUT2D eigenvalue weighted by atomic mass is 16.5. The zero-order valence-electron chi connectivity index (χ0n) is 12.0. The Morgan fingerprint density at radius 1 is 1.06 bits per heavy atom. The van der Waals surface area contributed by atoms with Crippen molar-refractivity contribution in [3.05, 3.63) is 40.5 Å². The summed E-state index contributed by atoms with van der Waals surface area (Å²) in [5, 5.41) is 0. The summed E-state index contributed by atoms with van der Waals surface area (Å²) in [4.78, 5) is 4.46. The number of imidazole rings is 1. The number of nitrogens with zero attached hydrogens (tertiary/aromatic N) is 2. The molecule has 0 saturated carbocycles. The van der Waals surface area contributed by atoms with Gasteiger partial charge in [-0.05, 0) is 51.8 Å². The Morgan fingerprint density at radius 2 is 1.72 bits per heavy atom. The maximum atomic E-state index is 5.53. The summed E-state index contributed by atoms with van der Waals surface area (Å²) in [7, 11) is 1.73. The van der Waals surface area contributed by atoms with Crippen LogP contribution in [0.3, 0.4) is 0 Å². The third-order valence-corrected chi connectivity index (χ3v) is 3.48. The van der Waals surface area contributed by atoms with Gasteiger partial charge in [0.2, 0.25) is 0 Å². The average molecular weight is 244 g/mol. The van der Waals surface area contributed by atoms with E-state index in [4.69, 9.17) is 4.74 Å². The molecule has 3 heteroatoms. The van der Waals surface area contributed by atoms with Crippen LogP contribution in [-0.4, -0.2) is 16.7 Å². The van der Waals surface area contributed by atoms with E-state index in [0.717, 1.165) is 28.5 Å². The second kappa shape index (κ2) is 4.48. The lowest BCUT2D eigenvalue weighted by Crippen LogP contribution is -2.03. The molecule has 1 aromatic heterocycles. The molecule has 1 heterocycles. The Hall–Kier alpha value is -1.77. The first kappa shape index (κ1) is 12.7. The molecule has 0 unspecified atom stereocenters. The van der Waals surface area contributed by atoms with Gasteiger partial charge < -0.3 is 9.30 Å². The second-order valence-corrected chi connectivity index (χ2v) is 4.80. The van der Waals surface area contributed by atoms with Crippen molar-refractivity contribution in [2.45, 2.75) is 34.6 Å². The van der Waals surface area contributed by atoms with Gasteiger partial charge in [-0.2, -0.15) is 0 Å². The third kappa shape index (κ3) is 1.90. The molecule has 0 aliphatic rings. The van der Waals surface area contributed by atoms with Crippen LogP contribution in [-0.2, 0) is 0 Å². The maximum absolute atomic E-state index is 5.53. The Morgan fingerprint density at radius 3 is 2.22 bits per heavy atom. The first-order chi connectivity index (χ1) is 8.45. The fraction of sp³-hybridized carbons (Fsp3) is 0.400. The predicted molar refractivity (Wildman–Crippen MR) is 73.8 cm³/mol. The second-order valence-electron chi connectivity index (χ2n) is 4.80. The van der Waals surface area contributed by atoms with Crippen LogP contribution in [0.4, 0.5) is 0 Å². The van der Waals surface area contributed by atoms with Crippen LogP contribution in [0.5, 0.6) is 5.75 Å². The summed E-state index contributed by atoms with van der Waals surface area (Å²) >= 11 is 0. The highest BCUT2D eigenvalue weighted by Crippen LogP contribution is 2.31. The van der Waals surface area contributed by atoms with E-state index in [9.17, 15) is 0 Å². The van der Waals surface area contributed by atoms with Gasteiger partial charge in [0.15, 0.2) is 0 Å².